The number of rotatable bonds is 6. The van der Waals surface area contributed by atoms with Crippen molar-refractivity contribution < 1.29 is 23.6 Å². The summed E-state index contributed by atoms with van der Waals surface area (Å²) in [6.07, 6.45) is 1.14. The van der Waals surface area contributed by atoms with E-state index in [-0.39, 0.29) is 17.7 Å². The van der Waals surface area contributed by atoms with E-state index in [1.165, 1.54) is 0 Å². The Kier molecular flexibility index (Phi) is 6.11. The van der Waals surface area contributed by atoms with E-state index in [2.05, 4.69) is 20.7 Å². The maximum Gasteiger partial charge on any atom is 0.271 e. The number of piperidine rings is 1. The Morgan fingerprint density at radius 2 is 1.94 bits per heavy atom. The van der Waals surface area contributed by atoms with Gasteiger partial charge in [0.1, 0.15) is 23.0 Å². The minimum atomic E-state index is -0.186. The predicted octanol–water partition coefficient (Wildman–Crippen LogP) is 2.88. The predicted molar refractivity (Wildman–Crippen MR) is 116 cm³/mol. The molecular weight excluding hydrogens is 414 g/mol. The minimum absolute atomic E-state index is 0.112. The van der Waals surface area contributed by atoms with Crippen molar-refractivity contribution in [1.29, 1.82) is 0 Å². The first kappa shape index (κ1) is 21.4. The molecule has 2 aromatic heterocycles. The summed E-state index contributed by atoms with van der Waals surface area (Å²) in [7, 11) is 3.16. The number of hydrogen-bond donors (Lipinski definition) is 2. The fraction of sp³-hybridized carbons (Fsp3) is 0.364. The third kappa shape index (κ3) is 4.43. The summed E-state index contributed by atoms with van der Waals surface area (Å²) in [6.45, 7) is 2.72. The average Bonchev–Trinajstić information content (AvgIpc) is 3.47. The molecular formula is C22H25N5O5. The molecule has 3 heterocycles. The van der Waals surface area contributed by atoms with E-state index in [0.29, 0.717) is 60.4 Å². The first-order valence-electron chi connectivity index (χ1n) is 10.3. The highest BCUT2D eigenvalue weighted by atomic mass is 16.5. The highest BCUT2D eigenvalue weighted by molar-refractivity contribution is 5.94. The first-order chi connectivity index (χ1) is 15.5. The number of carbonyl (C=O) groups excluding carboxylic acids is 2. The summed E-state index contributed by atoms with van der Waals surface area (Å²) in [6, 6.07) is 8.77. The van der Waals surface area contributed by atoms with Gasteiger partial charge in [-0.1, -0.05) is 5.16 Å². The number of aryl methyl sites for hydroxylation is 1. The number of methoxy groups -OCH3 is 2. The van der Waals surface area contributed by atoms with Crippen molar-refractivity contribution in [2.24, 2.45) is 5.92 Å². The SMILES string of the molecule is COc1ccc(OC)c(-c2cc(C(=O)N3CCC(C(=O)Nc4cc(C)on4)CC3)[nH]n2)c1. The normalized spacial score (nSPS) is 14.3. The van der Waals surface area contributed by atoms with Crippen LogP contribution >= 0.6 is 0 Å². The van der Waals surface area contributed by atoms with Gasteiger partial charge >= 0.3 is 0 Å². The van der Waals surface area contributed by atoms with Gasteiger partial charge in [-0.05, 0) is 44.0 Å². The standard InChI is InChI=1S/C22H25N5O5/c1-13-10-20(26-32-13)23-21(28)14-6-8-27(9-7-14)22(29)18-12-17(24-25-18)16-11-15(30-2)4-5-19(16)31-3/h4-5,10-12,14H,6-9H2,1-3H3,(H,24,25)(H,23,26,28). The van der Waals surface area contributed by atoms with Gasteiger partial charge in [0.2, 0.25) is 5.91 Å². The summed E-state index contributed by atoms with van der Waals surface area (Å²) < 4.78 is 15.7. The van der Waals surface area contributed by atoms with Crippen LogP contribution in [0.2, 0.25) is 0 Å². The number of likely N-dealkylation sites (tertiary alicyclic amines) is 1. The van der Waals surface area contributed by atoms with Crippen molar-refractivity contribution in [2.45, 2.75) is 19.8 Å². The molecule has 168 valence electrons. The summed E-state index contributed by atoms with van der Waals surface area (Å²) in [5.74, 6) is 1.88. The summed E-state index contributed by atoms with van der Waals surface area (Å²) in [4.78, 5) is 27.2. The molecule has 2 N–H and O–H groups in total. The molecule has 4 rings (SSSR count). The molecule has 1 saturated heterocycles. The van der Waals surface area contributed by atoms with E-state index in [4.69, 9.17) is 14.0 Å². The second-order valence-corrected chi connectivity index (χ2v) is 7.61. The number of aromatic amines is 1. The van der Waals surface area contributed by atoms with Gasteiger partial charge in [0.15, 0.2) is 5.82 Å². The largest absolute Gasteiger partial charge is 0.497 e. The van der Waals surface area contributed by atoms with Gasteiger partial charge in [-0.3, -0.25) is 14.7 Å². The third-order valence-corrected chi connectivity index (χ3v) is 5.52. The summed E-state index contributed by atoms with van der Waals surface area (Å²) in [5.41, 5.74) is 1.69. The Hall–Kier alpha value is -3.82. The van der Waals surface area contributed by atoms with E-state index in [1.54, 1.807) is 50.3 Å². The second kappa shape index (κ2) is 9.13. The first-order valence-corrected chi connectivity index (χ1v) is 10.3. The zero-order valence-electron chi connectivity index (χ0n) is 18.2. The number of nitrogens with one attached hydrogen (secondary N) is 2. The van der Waals surface area contributed by atoms with Crippen molar-refractivity contribution in [2.75, 3.05) is 32.6 Å². The van der Waals surface area contributed by atoms with E-state index >= 15 is 0 Å². The molecule has 10 nitrogen and oxygen atoms in total. The van der Waals surface area contributed by atoms with E-state index < -0.39 is 0 Å². The number of carbonyl (C=O) groups is 2. The quantitative estimate of drug-likeness (QED) is 0.605. The number of hydrogen-bond acceptors (Lipinski definition) is 7. The second-order valence-electron chi connectivity index (χ2n) is 7.61. The van der Waals surface area contributed by atoms with Crippen LogP contribution in [0.3, 0.4) is 0 Å². The van der Waals surface area contributed by atoms with Gasteiger partial charge in [-0.15, -0.1) is 0 Å². The molecule has 0 saturated carbocycles. The number of nitrogens with zero attached hydrogens (tertiary/aromatic N) is 3. The topological polar surface area (TPSA) is 123 Å². The lowest BCUT2D eigenvalue weighted by molar-refractivity contribution is -0.121. The van der Waals surface area contributed by atoms with Crippen LogP contribution in [0.5, 0.6) is 11.5 Å². The fourth-order valence-corrected chi connectivity index (χ4v) is 3.75. The zero-order valence-corrected chi connectivity index (χ0v) is 18.2. The molecule has 1 aromatic carbocycles. The van der Waals surface area contributed by atoms with Crippen molar-refractivity contribution in [3.8, 4) is 22.8 Å². The van der Waals surface area contributed by atoms with Crippen LogP contribution in [0.25, 0.3) is 11.3 Å². The average molecular weight is 439 g/mol. The van der Waals surface area contributed by atoms with Crippen LogP contribution in [0.1, 0.15) is 29.1 Å². The smallest absolute Gasteiger partial charge is 0.271 e. The van der Waals surface area contributed by atoms with E-state index in [9.17, 15) is 9.59 Å². The molecule has 1 aliphatic heterocycles. The number of amides is 2. The molecule has 2 amide bonds. The Balaban J connectivity index is 1.39. The minimum Gasteiger partial charge on any atom is -0.497 e. The molecule has 10 heteroatoms. The molecule has 0 unspecified atom stereocenters. The lowest BCUT2D eigenvalue weighted by Crippen LogP contribution is -2.41. The summed E-state index contributed by atoms with van der Waals surface area (Å²) >= 11 is 0. The van der Waals surface area contributed by atoms with Crippen molar-refractivity contribution >= 4 is 17.6 Å². The van der Waals surface area contributed by atoms with Gasteiger partial charge in [0, 0.05) is 30.6 Å². The number of anilines is 1. The lowest BCUT2D eigenvalue weighted by Gasteiger charge is -2.30. The maximum atomic E-state index is 13.0. The molecule has 0 radical (unpaired) electrons. The monoisotopic (exact) mass is 439 g/mol. The van der Waals surface area contributed by atoms with Crippen LogP contribution in [0, 0.1) is 12.8 Å². The van der Waals surface area contributed by atoms with Crippen LogP contribution in [0.15, 0.2) is 34.9 Å². The Labute approximate surface area is 184 Å². The van der Waals surface area contributed by atoms with Crippen LogP contribution < -0.4 is 14.8 Å². The van der Waals surface area contributed by atoms with Gasteiger partial charge < -0.3 is 24.2 Å². The maximum absolute atomic E-state index is 13.0. The third-order valence-electron chi connectivity index (χ3n) is 5.52. The number of benzene rings is 1. The van der Waals surface area contributed by atoms with Gasteiger partial charge in [-0.2, -0.15) is 5.10 Å². The highest BCUT2D eigenvalue weighted by Crippen LogP contribution is 2.33. The molecule has 32 heavy (non-hydrogen) atoms. The zero-order chi connectivity index (χ0) is 22.7. The van der Waals surface area contributed by atoms with Crippen LogP contribution in [-0.4, -0.2) is 59.4 Å². The molecule has 3 aromatic rings. The molecule has 1 aliphatic rings. The van der Waals surface area contributed by atoms with Crippen molar-refractivity contribution in [1.82, 2.24) is 20.3 Å². The fourth-order valence-electron chi connectivity index (χ4n) is 3.75. The van der Waals surface area contributed by atoms with E-state index in [0.717, 1.165) is 5.56 Å². The number of ether oxygens (including phenoxy) is 2. The Morgan fingerprint density at radius 1 is 1.16 bits per heavy atom. The Bertz CT molecular complexity index is 1110. The van der Waals surface area contributed by atoms with Gasteiger partial charge in [0.05, 0.1) is 19.9 Å². The van der Waals surface area contributed by atoms with Gasteiger partial charge in [-0.25, -0.2) is 0 Å². The number of H-pyrrole nitrogens is 1. The molecule has 0 aliphatic carbocycles. The number of aromatic nitrogens is 3. The van der Waals surface area contributed by atoms with Crippen molar-refractivity contribution in [3.63, 3.8) is 0 Å². The summed E-state index contributed by atoms with van der Waals surface area (Å²) in [5, 5.41) is 13.7. The Morgan fingerprint density at radius 3 is 2.59 bits per heavy atom. The van der Waals surface area contributed by atoms with E-state index in [1.807, 2.05) is 6.07 Å². The van der Waals surface area contributed by atoms with Crippen LogP contribution in [0.4, 0.5) is 5.82 Å². The van der Waals surface area contributed by atoms with Crippen molar-refractivity contribution in [3.05, 3.63) is 41.8 Å². The highest BCUT2D eigenvalue weighted by Gasteiger charge is 2.29. The van der Waals surface area contributed by atoms with Crippen LogP contribution in [-0.2, 0) is 4.79 Å². The molecule has 1 fully saturated rings. The molecule has 0 atom stereocenters. The van der Waals surface area contributed by atoms with Gasteiger partial charge in [0.25, 0.3) is 5.91 Å². The lowest BCUT2D eigenvalue weighted by atomic mass is 9.95. The molecule has 0 bridgehead atoms. The molecule has 0 spiro atoms.